The normalized spacial score (nSPS) is 17.8. The van der Waals surface area contributed by atoms with Crippen LogP contribution in [0.5, 0.6) is 0 Å². The second-order valence-electron chi connectivity index (χ2n) is 4.96. The topological polar surface area (TPSA) is 12.0 Å². The molecule has 1 atom stereocenters. The van der Waals surface area contributed by atoms with Gasteiger partial charge in [0.2, 0.25) is 0 Å². The molecule has 2 rings (SSSR count). The van der Waals surface area contributed by atoms with Crippen LogP contribution in [-0.2, 0) is 6.42 Å². The Labute approximate surface area is 111 Å². The van der Waals surface area contributed by atoms with Gasteiger partial charge in [0.05, 0.1) is 0 Å². The Balaban J connectivity index is 1.96. The van der Waals surface area contributed by atoms with Crippen LogP contribution in [0.4, 0.5) is 4.39 Å². The Hall–Kier alpha value is -0.410. The van der Waals surface area contributed by atoms with Gasteiger partial charge in [-0.15, -0.1) is 0 Å². The Bertz CT molecular complexity index is 376. The number of hydrogen-bond acceptors (Lipinski definition) is 1. The molecule has 1 nitrogen and oxygen atoms in total. The number of hydrogen-bond donors (Lipinski definition) is 1. The summed E-state index contributed by atoms with van der Waals surface area (Å²) < 4.78 is 13.9. The van der Waals surface area contributed by atoms with Crippen LogP contribution in [0, 0.1) is 11.7 Å². The molecule has 0 saturated heterocycles. The van der Waals surface area contributed by atoms with E-state index in [9.17, 15) is 4.39 Å². The van der Waals surface area contributed by atoms with Crippen molar-refractivity contribution in [1.29, 1.82) is 0 Å². The smallest absolute Gasteiger partial charge is 0.124 e. The lowest BCUT2D eigenvalue weighted by molar-refractivity contribution is 0.263. The monoisotopic (exact) mass is 299 g/mol. The van der Waals surface area contributed by atoms with Crippen molar-refractivity contribution in [1.82, 2.24) is 5.32 Å². The number of nitrogens with one attached hydrogen (secondary N) is 1. The number of rotatable bonds is 5. The molecule has 94 valence electrons. The third-order valence-corrected chi connectivity index (χ3v) is 4.47. The fourth-order valence-corrected chi connectivity index (χ4v) is 2.90. The fourth-order valence-electron chi connectivity index (χ4n) is 2.39. The summed E-state index contributed by atoms with van der Waals surface area (Å²) in [7, 11) is 2.01. The van der Waals surface area contributed by atoms with Gasteiger partial charge in [-0.25, -0.2) is 4.39 Å². The lowest BCUT2D eigenvalue weighted by atomic mass is 9.80. The van der Waals surface area contributed by atoms with Gasteiger partial charge in [0, 0.05) is 10.5 Å². The molecule has 0 aromatic heterocycles. The highest BCUT2D eigenvalue weighted by atomic mass is 79.9. The lowest BCUT2D eigenvalue weighted by Crippen LogP contribution is -2.32. The second-order valence-corrected chi connectivity index (χ2v) is 5.81. The molecule has 1 fully saturated rings. The van der Waals surface area contributed by atoms with Crippen LogP contribution in [0.2, 0.25) is 0 Å². The third kappa shape index (κ3) is 3.52. The van der Waals surface area contributed by atoms with Crippen LogP contribution < -0.4 is 5.32 Å². The van der Waals surface area contributed by atoms with Gasteiger partial charge < -0.3 is 5.32 Å². The molecule has 17 heavy (non-hydrogen) atoms. The first-order valence-corrected chi connectivity index (χ1v) is 7.09. The molecule has 0 heterocycles. The summed E-state index contributed by atoms with van der Waals surface area (Å²) in [6, 6.07) is 5.47. The minimum absolute atomic E-state index is 0.180. The van der Waals surface area contributed by atoms with E-state index >= 15 is 0 Å². The molecule has 0 bridgehead atoms. The van der Waals surface area contributed by atoms with E-state index in [2.05, 4.69) is 21.2 Å². The van der Waals surface area contributed by atoms with Crippen molar-refractivity contribution in [3.8, 4) is 0 Å². The van der Waals surface area contributed by atoms with E-state index in [1.807, 2.05) is 13.1 Å². The molecular weight excluding hydrogens is 281 g/mol. The molecule has 0 radical (unpaired) electrons. The van der Waals surface area contributed by atoms with Crippen molar-refractivity contribution >= 4 is 15.9 Å². The minimum atomic E-state index is -0.180. The number of halogens is 2. The maximum Gasteiger partial charge on any atom is 0.124 e. The molecule has 1 N–H and O–H groups in total. The summed E-state index contributed by atoms with van der Waals surface area (Å²) in [5.41, 5.74) is 1.19. The molecule has 1 unspecified atom stereocenters. The Kier molecular flexibility index (Phi) is 4.57. The van der Waals surface area contributed by atoms with Gasteiger partial charge in [0.1, 0.15) is 5.82 Å². The van der Waals surface area contributed by atoms with Crippen molar-refractivity contribution in [3.05, 3.63) is 34.1 Å². The minimum Gasteiger partial charge on any atom is -0.317 e. The first kappa shape index (κ1) is 13.0. The largest absolute Gasteiger partial charge is 0.317 e. The summed E-state index contributed by atoms with van der Waals surface area (Å²) >= 11 is 3.43. The maximum atomic E-state index is 13.0. The quantitative estimate of drug-likeness (QED) is 0.869. The van der Waals surface area contributed by atoms with Gasteiger partial charge in [-0.3, -0.25) is 0 Å². The van der Waals surface area contributed by atoms with Gasteiger partial charge in [-0.1, -0.05) is 41.3 Å². The predicted octanol–water partition coefficient (Wildman–Crippen LogP) is 3.91. The standard InChI is InChI=1S/C14H19BrFN/c1-17-13(7-10-3-2-4-10)8-11-5-6-12(16)9-14(11)15/h5-6,9-10,13,17H,2-4,7-8H2,1H3. The Morgan fingerprint density at radius 3 is 2.76 bits per heavy atom. The van der Waals surface area contributed by atoms with Gasteiger partial charge in [-0.05, 0) is 43.5 Å². The Morgan fingerprint density at radius 2 is 2.24 bits per heavy atom. The van der Waals surface area contributed by atoms with E-state index in [0.717, 1.165) is 16.8 Å². The van der Waals surface area contributed by atoms with Crippen LogP contribution in [0.15, 0.2) is 22.7 Å². The van der Waals surface area contributed by atoms with Crippen LogP contribution in [0.1, 0.15) is 31.2 Å². The SMILES string of the molecule is CNC(Cc1ccc(F)cc1Br)CC1CCC1. The first-order valence-electron chi connectivity index (χ1n) is 6.30. The molecule has 1 aromatic carbocycles. The van der Waals surface area contributed by atoms with E-state index in [0.29, 0.717) is 6.04 Å². The lowest BCUT2D eigenvalue weighted by Gasteiger charge is -2.29. The molecule has 1 aromatic rings. The van der Waals surface area contributed by atoms with Gasteiger partial charge in [0.15, 0.2) is 0 Å². The van der Waals surface area contributed by atoms with Crippen molar-refractivity contribution in [2.45, 2.75) is 38.1 Å². The van der Waals surface area contributed by atoms with Crippen LogP contribution in [0.3, 0.4) is 0 Å². The highest BCUT2D eigenvalue weighted by molar-refractivity contribution is 9.10. The van der Waals surface area contributed by atoms with E-state index < -0.39 is 0 Å². The zero-order valence-electron chi connectivity index (χ0n) is 10.2. The van der Waals surface area contributed by atoms with Crippen molar-refractivity contribution < 1.29 is 4.39 Å². The van der Waals surface area contributed by atoms with Crippen molar-refractivity contribution in [3.63, 3.8) is 0 Å². The highest BCUT2D eigenvalue weighted by Crippen LogP contribution is 2.31. The van der Waals surface area contributed by atoms with E-state index in [4.69, 9.17) is 0 Å². The summed E-state index contributed by atoms with van der Waals surface area (Å²) in [5, 5.41) is 3.38. The predicted molar refractivity (Wildman–Crippen MR) is 72.6 cm³/mol. The summed E-state index contributed by atoms with van der Waals surface area (Å²) in [5.74, 6) is 0.715. The molecule has 0 spiro atoms. The van der Waals surface area contributed by atoms with Crippen molar-refractivity contribution in [2.75, 3.05) is 7.05 Å². The highest BCUT2D eigenvalue weighted by Gasteiger charge is 2.21. The molecule has 1 aliphatic carbocycles. The fraction of sp³-hybridized carbons (Fsp3) is 0.571. The first-order chi connectivity index (χ1) is 8.19. The summed E-state index contributed by atoms with van der Waals surface area (Å²) in [4.78, 5) is 0. The maximum absolute atomic E-state index is 13.0. The van der Waals surface area contributed by atoms with E-state index in [-0.39, 0.29) is 5.82 Å². The van der Waals surface area contributed by atoms with Crippen LogP contribution in [-0.4, -0.2) is 13.1 Å². The Morgan fingerprint density at radius 1 is 1.47 bits per heavy atom. The molecule has 0 amide bonds. The van der Waals surface area contributed by atoms with Gasteiger partial charge in [-0.2, -0.15) is 0 Å². The summed E-state index contributed by atoms with van der Waals surface area (Å²) in [6.07, 6.45) is 6.35. The van der Waals surface area contributed by atoms with Crippen molar-refractivity contribution in [2.24, 2.45) is 5.92 Å². The zero-order valence-corrected chi connectivity index (χ0v) is 11.8. The average Bonchev–Trinajstić information content (AvgIpc) is 2.24. The van der Waals surface area contributed by atoms with Crippen LogP contribution >= 0.6 is 15.9 Å². The average molecular weight is 300 g/mol. The molecule has 1 aliphatic rings. The molecular formula is C14H19BrFN. The summed E-state index contributed by atoms with van der Waals surface area (Å²) in [6.45, 7) is 0. The van der Waals surface area contributed by atoms with E-state index in [1.54, 1.807) is 6.07 Å². The second kappa shape index (κ2) is 5.96. The van der Waals surface area contributed by atoms with Gasteiger partial charge in [0.25, 0.3) is 0 Å². The number of benzene rings is 1. The van der Waals surface area contributed by atoms with Gasteiger partial charge >= 0.3 is 0 Å². The molecule has 0 aliphatic heterocycles. The third-order valence-electron chi connectivity index (χ3n) is 3.73. The van der Waals surface area contributed by atoms with Crippen LogP contribution in [0.25, 0.3) is 0 Å². The van der Waals surface area contributed by atoms with E-state index in [1.165, 1.54) is 37.3 Å². The molecule has 1 saturated carbocycles. The molecule has 3 heteroatoms. The number of likely N-dealkylation sites (N-methyl/N-ethyl adjacent to an activating group) is 1. The zero-order chi connectivity index (χ0) is 12.3.